The van der Waals surface area contributed by atoms with E-state index in [4.69, 9.17) is 4.74 Å². The van der Waals surface area contributed by atoms with E-state index < -0.39 is 0 Å². The minimum Gasteiger partial charge on any atom is -0.377 e. The van der Waals surface area contributed by atoms with Gasteiger partial charge in [-0.05, 0) is 19.4 Å². The van der Waals surface area contributed by atoms with Crippen LogP contribution in [0.5, 0.6) is 0 Å². The topological polar surface area (TPSA) is 12.5 Å². The number of hydrogen-bond acceptors (Lipinski definition) is 3. The summed E-state index contributed by atoms with van der Waals surface area (Å²) in [4.78, 5) is 2.41. The normalized spacial score (nSPS) is 23.8. The van der Waals surface area contributed by atoms with Gasteiger partial charge < -0.3 is 9.64 Å². The molecule has 1 rings (SSSR count). The Morgan fingerprint density at radius 3 is 2.92 bits per heavy atom. The van der Waals surface area contributed by atoms with E-state index in [2.05, 4.69) is 24.5 Å². The van der Waals surface area contributed by atoms with Gasteiger partial charge in [0.15, 0.2) is 0 Å². The van der Waals surface area contributed by atoms with Crippen LogP contribution in [0.2, 0.25) is 0 Å². The quantitative estimate of drug-likeness (QED) is 0.657. The number of nitrogens with zero attached hydrogens (tertiary/aromatic N) is 1. The minimum atomic E-state index is 0.491. The second kappa shape index (κ2) is 5.84. The van der Waals surface area contributed by atoms with Crippen LogP contribution in [0.4, 0.5) is 0 Å². The summed E-state index contributed by atoms with van der Waals surface area (Å²) < 4.78 is 5.56. The smallest absolute Gasteiger partial charge is 0.0702 e. The highest BCUT2D eigenvalue weighted by Gasteiger charge is 2.17. The highest BCUT2D eigenvalue weighted by molar-refractivity contribution is 7.80. The Kier molecular flexibility index (Phi) is 5.04. The summed E-state index contributed by atoms with van der Waals surface area (Å²) in [5, 5.41) is 0. The number of ether oxygens (including phenoxy) is 1. The van der Waals surface area contributed by atoms with Crippen molar-refractivity contribution in [1.29, 1.82) is 0 Å². The average molecular weight is 189 g/mol. The molecule has 2 nitrogen and oxygen atoms in total. The first-order valence-corrected chi connectivity index (χ1v) is 5.45. The molecule has 0 aromatic carbocycles. The molecule has 0 amide bonds. The van der Waals surface area contributed by atoms with Crippen LogP contribution in [0.15, 0.2) is 0 Å². The van der Waals surface area contributed by atoms with E-state index in [9.17, 15) is 0 Å². The van der Waals surface area contributed by atoms with E-state index in [1.807, 2.05) is 0 Å². The number of likely N-dealkylation sites (N-methyl/N-ethyl adjacent to an activating group) is 1. The van der Waals surface area contributed by atoms with Gasteiger partial charge in [0, 0.05) is 25.4 Å². The van der Waals surface area contributed by atoms with Crippen LogP contribution in [0.25, 0.3) is 0 Å². The highest BCUT2D eigenvalue weighted by atomic mass is 32.1. The first-order chi connectivity index (χ1) is 5.86. The molecule has 1 unspecified atom stereocenters. The van der Waals surface area contributed by atoms with Crippen molar-refractivity contribution in [3.63, 3.8) is 0 Å². The molecule has 1 aliphatic rings. The molecule has 0 spiro atoms. The molecular formula is C9H19NOS. The molecule has 12 heavy (non-hydrogen) atoms. The lowest BCUT2D eigenvalue weighted by Crippen LogP contribution is -2.33. The lowest BCUT2D eigenvalue weighted by Gasteiger charge is -2.22. The van der Waals surface area contributed by atoms with Crippen LogP contribution in [0, 0.1) is 0 Å². The number of rotatable bonds is 5. The van der Waals surface area contributed by atoms with E-state index >= 15 is 0 Å². The molecule has 1 aliphatic heterocycles. The molecule has 3 heteroatoms. The summed E-state index contributed by atoms with van der Waals surface area (Å²) in [6, 6.07) is 0. The molecule has 0 radical (unpaired) electrons. The Balaban J connectivity index is 2.16. The molecule has 0 N–H and O–H groups in total. The van der Waals surface area contributed by atoms with Crippen molar-refractivity contribution >= 4 is 12.6 Å². The zero-order chi connectivity index (χ0) is 8.81. The predicted octanol–water partition coefficient (Wildman–Crippen LogP) is 1.42. The first-order valence-electron chi connectivity index (χ1n) is 4.81. The summed E-state index contributed by atoms with van der Waals surface area (Å²) in [6.07, 6.45) is 2.97. The van der Waals surface area contributed by atoms with Crippen molar-refractivity contribution in [3.05, 3.63) is 0 Å². The molecule has 1 heterocycles. The molecule has 72 valence electrons. The number of thiol groups is 1. The second-order valence-corrected chi connectivity index (χ2v) is 3.70. The Morgan fingerprint density at radius 1 is 1.58 bits per heavy atom. The molecule has 0 bridgehead atoms. The van der Waals surface area contributed by atoms with E-state index in [0.29, 0.717) is 6.10 Å². The van der Waals surface area contributed by atoms with E-state index in [0.717, 1.165) is 32.0 Å². The predicted molar refractivity (Wildman–Crippen MR) is 54.9 cm³/mol. The summed E-state index contributed by atoms with van der Waals surface area (Å²) in [7, 11) is 0. The van der Waals surface area contributed by atoms with Gasteiger partial charge in [-0.1, -0.05) is 6.92 Å². The van der Waals surface area contributed by atoms with Crippen molar-refractivity contribution in [2.75, 3.05) is 32.0 Å². The summed E-state index contributed by atoms with van der Waals surface area (Å²) in [6.45, 7) is 6.44. The molecular weight excluding hydrogens is 170 g/mol. The van der Waals surface area contributed by atoms with Gasteiger partial charge >= 0.3 is 0 Å². The van der Waals surface area contributed by atoms with Gasteiger partial charge in [0.25, 0.3) is 0 Å². The third-order valence-corrected chi connectivity index (χ3v) is 2.55. The van der Waals surface area contributed by atoms with Gasteiger partial charge in [0.05, 0.1) is 6.10 Å². The maximum absolute atomic E-state index is 5.56. The molecule has 0 aromatic rings. The van der Waals surface area contributed by atoms with Crippen molar-refractivity contribution < 1.29 is 4.74 Å². The van der Waals surface area contributed by atoms with E-state index in [1.54, 1.807) is 0 Å². The van der Waals surface area contributed by atoms with Gasteiger partial charge in [-0.3, -0.25) is 0 Å². The lowest BCUT2D eigenvalue weighted by atomic mass is 10.2. The highest BCUT2D eigenvalue weighted by Crippen LogP contribution is 2.12. The zero-order valence-electron chi connectivity index (χ0n) is 7.83. The van der Waals surface area contributed by atoms with Gasteiger partial charge in [-0.25, -0.2) is 0 Å². The van der Waals surface area contributed by atoms with Crippen LogP contribution in [0.1, 0.15) is 19.8 Å². The third kappa shape index (κ3) is 3.33. The fourth-order valence-electron chi connectivity index (χ4n) is 1.60. The molecule has 0 saturated carbocycles. The molecule has 1 saturated heterocycles. The second-order valence-electron chi connectivity index (χ2n) is 3.25. The minimum absolute atomic E-state index is 0.491. The van der Waals surface area contributed by atoms with Gasteiger partial charge in [-0.2, -0.15) is 12.6 Å². The molecule has 1 atom stereocenters. The monoisotopic (exact) mass is 189 g/mol. The summed E-state index contributed by atoms with van der Waals surface area (Å²) in [5.74, 6) is 0.945. The summed E-state index contributed by atoms with van der Waals surface area (Å²) in [5.41, 5.74) is 0. The van der Waals surface area contributed by atoms with Gasteiger partial charge in [-0.15, -0.1) is 0 Å². The Labute approximate surface area is 80.7 Å². The van der Waals surface area contributed by atoms with E-state index in [-0.39, 0.29) is 0 Å². The van der Waals surface area contributed by atoms with Crippen LogP contribution >= 0.6 is 12.6 Å². The van der Waals surface area contributed by atoms with Crippen LogP contribution in [-0.4, -0.2) is 43.0 Å². The van der Waals surface area contributed by atoms with Gasteiger partial charge in [0.2, 0.25) is 0 Å². The maximum atomic E-state index is 5.56. The number of hydrogen-bond donors (Lipinski definition) is 1. The van der Waals surface area contributed by atoms with Crippen LogP contribution in [0.3, 0.4) is 0 Å². The third-order valence-electron chi connectivity index (χ3n) is 2.35. The molecule has 0 aliphatic carbocycles. The Bertz CT molecular complexity index is 115. The van der Waals surface area contributed by atoms with Crippen molar-refractivity contribution in [2.24, 2.45) is 0 Å². The van der Waals surface area contributed by atoms with Crippen molar-refractivity contribution in [1.82, 2.24) is 4.90 Å². The zero-order valence-corrected chi connectivity index (χ0v) is 8.72. The largest absolute Gasteiger partial charge is 0.377 e. The maximum Gasteiger partial charge on any atom is 0.0702 e. The van der Waals surface area contributed by atoms with Crippen molar-refractivity contribution in [2.45, 2.75) is 25.9 Å². The molecule has 0 aromatic heterocycles. The van der Waals surface area contributed by atoms with Crippen molar-refractivity contribution in [3.8, 4) is 0 Å². The fourth-order valence-corrected chi connectivity index (χ4v) is 1.88. The van der Waals surface area contributed by atoms with E-state index in [1.165, 1.54) is 12.8 Å². The Hall–Kier alpha value is 0.270. The van der Waals surface area contributed by atoms with Gasteiger partial charge in [0.1, 0.15) is 0 Å². The lowest BCUT2D eigenvalue weighted by molar-refractivity contribution is 0.0769. The fraction of sp³-hybridized carbons (Fsp3) is 1.00. The summed E-state index contributed by atoms with van der Waals surface area (Å²) >= 11 is 4.23. The molecule has 1 fully saturated rings. The average Bonchev–Trinajstić information content (AvgIpc) is 2.56. The van der Waals surface area contributed by atoms with Crippen LogP contribution < -0.4 is 0 Å². The van der Waals surface area contributed by atoms with Crippen LogP contribution in [-0.2, 0) is 4.74 Å². The standard InChI is InChI=1S/C9H19NOS/c1-2-10(5-7-12)8-9-4-3-6-11-9/h9,12H,2-8H2,1H3. The first kappa shape index (κ1) is 10.4. The Morgan fingerprint density at radius 2 is 2.42 bits per heavy atom. The SMILES string of the molecule is CCN(CCS)CC1CCCO1.